The van der Waals surface area contributed by atoms with Crippen LogP contribution in [0.4, 0.5) is 5.13 Å². The first kappa shape index (κ1) is 25.1. The highest BCUT2D eigenvalue weighted by molar-refractivity contribution is 7.22. The third-order valence-electron chi connectivity index (χ3n) is 6.53. The number of carboxylic acid groups (broad SMARTS) is 1. The first-order valence-electron chi connectivity index (χ1n) is 12.7. The maximum absolute atomic E-state index is 11.5. The molecule has 194 valence electrons. The second kappa shape index (κ2) is 11.2. The summed E-state index contributed by atoms with van der Waals surface area (Å²) >= 11 is 1.60. The molecule has 0 unspecified atom stereocenters. The Labute approximate surface area is 220 Å². The smallest absolute Gasteiger partial charge is 0.335 e. The summed E-state index contributed by atoms with van der Waals surface area (Å²) < 4.78 is 15.2. The molecule has 5 rings (SSSR count). The Morgan fingerprint density at radius 2 is 1.78 bits per heavy atom. The number of nitrogens with zero attached hydrogens (tertiary/aromatic N) is 3. The lowest BCUT2D eigenvalue weighted by Gasteiger charge is -2.35. The van der Waals surface area contributed by atoms with Crippen LogP contribution < -0.4 is 19.7 Å². The second-order valence-electron chi connectivity index (χ2n) is 8.99. The molecular weight excluding hydrogens is 488 g/mol. The van der Waals surface area contributed by atoms with Crippen LogP contribution >= 0.6 is 11.3 Å². The van der Waals surface area contributed by atoms with Gasteiger partial charge in [-0.25, -0.2) is 9.78 Å². The number of thiazole rings is 1. The first-order valence-corrected chi connectivity index (χ1v) is 13.6. The molecule has 8 nitrogen and oxygen atoms in total. The number of ether oxygens (including phenoxy) is 2. The normalized spacial score (nSPS) is 14.1. The summed E-state index contributed by atoms with van der Waals surface area (Å²) in [7, 11) is 0. The monoisotopic (exact) mass is 520 g/mol. The highest BCUT2D eigenvalue weighted by atomic mass is 32.1. The Hall–Kier alpha value is -3.56. The highest BCUT2D eigenvalue weighted by Crippen LogP contribution is 2.38. The third kappa shape index (κ3) is 5.42. The summed E-state index contributed by atoms with van der Waals surface area (Å²) in [6, 6.07) is 13.6. The van der Waals surface area contributed by atoms with E-state index in [1.54, 1.807) is 23.5 Å². The maximum atomic E-state index is 11.5. The lowest BCUT2D eigenvalue weighted by atomic mass is 10.0. The van der Waals surface area contributed by atoms with Gasteiger partial charge in [0.25, 0.3) is 0 Å². The molecule has 2 N–H and O–H groups in total. The number of hydrogen-bond donors (Lipinski definition) is 2. The first-order chi connectivity index (χ1) is 18.1. The van der Waals surface area contributed by atoms with E-state index < -0.39 is 5.97 Å². The van der Waals surface area contributed by atoms with Crippen molar-refractivity contribution >= 4 is 32.7 Å². The molecule has 9 heteroatoms. The molecule has 1 aliphatic heterocycles. The minimum Gasteiger partial charge on any atom is -0.492 e. The average Bonchev–Trinajstić information content (AvgIpc) is 3.58. The van der Waals surface area contributed by atoms with Gasteiger partial charge in [-0.2, -0.15) is 0 Å². The summed E-state index contributed by atoms with van der Waals surface area (Å²) in [5.74, 6) is 0.613. The Morgan fingerprint density at radius 3 is 2.41 bits per heavy atom. The summed E-state index contributed by atoms with van der Waals surface area (Å²) in [5, 5.41) is 13.8. The minimum absolute atomic E-state index is 0.251. The molecule has 0 bridgehead atoms. The number of fused-ring (bicyclic) bond motifs is 1. The van der Waals surface area contributed by atoms with E-state index in [-0.39, 0.29) is 5.56 Å². The van der Waals surface area contributed by atoms with Gasteiger partial charge in [0.1, 0.15) is 17.2 Å². The van der Waals surface area contributed by atoms with Crippen molar-refractivity contribution in [2.24, 2.45) is 0 Å². The van der Waals surface area contributed by atoms with E-state index in [1.165, 1.54) is 0 Å². The van der Waals surface area contributed by atoms with E-state index in [2.05, 4.69) is 22.3 Å². The van der Waals surface area contributed by atoms with Crippen LogP contribution in [0.3, 0.4) is 0 Å². The topological polar surface area (TPSA) is 88.8 Å². The van der Waals surface area contributed by atoms with Crippen molar-refractivity contribution in [1.29, 1.82) is 0 Å². The molecule has 0 amide bonds. The van der Waals surface area contributed by atoms with E-state index in [1.807, 2.05) is 49.0 Å². The molecule has 1 saturated heterocycles. The standard InChI is InChI=1S/C28H32N4O4S/c1-3-35-23-15-19(16-24(36-4-2)26(23)31-13-5-6-14-31)18-32(21-9-11-29-12-10-21)28-30-22-17-20(27(33)34)7-8-25(22)37-28/h5-8,13-17,21,29H,3-4,9-12,18H2,1-2H3,(H,33,34). The van der Waals surface area contributed by atoms with Gasteiger partial charge in [0, 0.05) is 25.0 Å². The van der Waals surface area contributed by atoms with Gasteiger partial charge in [0.05, 0.1) is 29.0 Å². The van der Waals surface area contributed by atoms with Gasteiger partial charge in [-0.3, -0.25) is 0 Å². The lowest BCUT2D eigenvalue weighted by molar-refractivity contribution is 0.0697. The van der Waals surface area contributed by atoms with Gasteiger partial charge in [-0.15, -0.1) is 0 Å². The number of carbonyl (C=O) groups is 1. The van der Waals surface area contributed by atoms with Crippen molar-refractivity contribution in [2.75, 3.05) is 31.2 Å². The van der Waals surface area contributed by atoms with Gasteiger partial charge in [0.2, 0.25) is 0 Å². The zero-order chi connectivity index (χ0) is 25.8. The lowest BCUT2D eigenvalue weighted by Crippen LogP contribution is -2.43. The fraction of sp³-hybridized carbons (Fsp3) is 0.357. The molecule has 0 aliphatic carbocycles. The number of carboxylic acids is 1. The quantitative estimate of drug-likeness (QED) is 0.292. The minimum atomic E-state index is -0.943. The fourth-order valence-corrected chi connectivity index (χ4v) is 5.85. The molecule has 2 aromatic carbocycles. The molecule has 0 saturated carbocycles. The van der Waals surface area contributed by atoms with E-state index in [0.29, 0.717) is 31.3 Å². The number of anilines is 1. The maximum Gasteiger partial charge on any atom is 0.335 e. The van der Waals surface area contributed by atoms with Crippen LogP contribution in [0.2, 0.25) is 0 Å². The summed E-state index contributed by atoms with van der Waals surface area (Å²) in [6.07, 6.45) is 6.00. The van der Waals surface area contributed by atoms with Crippen molar-refractivity contribution < 1.29 is 19.4 Å². The SMILES string of the molecule is CCOc1cc(CN(c2nc3cc(C(=O)O)ccc3s2)C2CCNCC2)cc(OCC)c1-n1cccc1. The van der Waals surface area contributed by atoms with Gasteiger partial charge in [-0.1, -0.05) is 11.3 Å². The van der Waals surface area contributed by atoms with Gasteiger partial charge >= 0.3 is 5.97 Å². The van der Waals surface area contributed by atoms with Crippen molar-refractivity contribution in [3.05, 3.63) is 66.0 Å². The number of piperidine rings is 1. The van der Waals surface area contributed by atoms with Crippen LogP contribution in [0.5, 0.6) is 11.5 Å². The highest BCUT2D eigenvalue weighted by Gasteiger charge is 2.26. The van der Waals surface area contributed by atoms with Crippen LogP contribution in [0, 0.1) is 0 Å². The fourth-order valence-electron chi connectivity index (χ4n) is 4.84. The van der Waals surface area contributed by atoms with Crippen LogP contribution in [0.15, 0.2) is 54.9 Å². The van der Waals surface area contributed by atoms with Crippen molar-refractivity contribution in [3.8, 4) is 17.2 Å². The molecule has 37 heavy (non-hydrogen) atoms. The van der Waals surface area contributed by atoms with E-state index in [0.717, 1.165) is 58.5 Å². The van der Waals surface area contributed by atoms with Crippen molar-refractivity contribution in [1.82, 2.24) is 14.9 Å². The van der Waals surface area contributed by atoms with Crippen LogP contribution in [0.25, 0.3) is 15.9 Å². The average molecular weight is 521 g/mol. The molecule has 2 aromatic heterocycles. The number of aromatic nitrogens is 2. The largest absolute Gasteiger partial charge is 0.492 e. The molecule has 3 heterocycles. The molecule has 1 aliphatic rings. The summed E-state index contributed by atoms with van der Waals surface area (Å²) in [6.45, 7) is 7.62. The predicted molar refractivity (Wildman–Crippen MR) is 147 cm³/mol. The Morgan fingerprint density at radius 1 is 1.11 bits per heavy atom. The molecular formula is C28H32N4O4S. The van der Waals surface area contributed by atoms with Crippen LogP contribution in [-0.2, 0) is 6.54 Å². The summed E-state index contributed by atoms with van der Waals surface area (Å²) in [5.41, 5.74) is 2.94. The third-order valence-corrected chi connectivity index (χ3v) is 7.61. The van der Waals surface area contributed by atoms with Crippen LogP contribution in [-0.4, -0.2) is 53.0 Å². The number of nitrogens with one attached hydrogen (secondary N) is 1. The molecule has 0 spiro atoms. The molecule has 4 aromatic rings. The van der Waals surface area contributed by atoms with Crippen LogP contribution in [0.1, 0.15) is 42.6 Å². The predicted octanol–water partition coefficient (Wildman–Crippen LogP) is 5.34. The molecule has 0 atom stereocenters. The second-order valence-corrected chi connectivity index (χ2v) is 10.00. The number of benzene rings is 2. The van der Waals surface area contributed by atoms with Crippen molar-refractivity contribution in [3.63, 3.8) is 0 Å². The summed E-state index contributed by atoms with van der Waals surface area (Å²) in [4.78, 5) is 18.8. The Bertz CT molecular complexity index is 1340. The number of rotatable bonds is 10. The number of aromatic carboxylic acids is 1. The van der Waals surface area contributed by atoms with E-state index in [9.17, 15) is 9.90 Å². The molecule has 0 radical (unpaired) electrons. The van der Waals surface area contributed by atoms with Crippen molar-refractivity contribution in [2.45, 2.75) is 39.3 Å². The Kier molecular flexibility index (Phi) is 7.62. The molecule has 1 fully saturated rings. The van der Waals surface area contributed by atoms with Gasteiger partial charge in [0.15, 0.2) is 5.13 Å². The van der Waals surface area contributed by atoms with E-state index >= 15 is 0 Å². The van der Waals surface area contributed by atoms with Gasteiger partial charge in [-0.05, 0) is 87.8 Å². The Balaban J connectivity index is 1.56. The van der Waals surface area contributed by atoms with E-state index in [4.69, 9.17) is 14.5 Å². The number of hydrogen-bond acceptors (Lipinski definition) is 7. The zero-order valence-corrected chi connectivity index (χ0v) is 22.0. The van der Waals surface area contributed by atoms with Gasteiger partial charge < -0.3 is 29.4 Å². The zero-order valence-electron chi connectivity index (χ0n) is 21.1.